The molecule has 2 heterocycles. The molecule has 0 spiro atoms. The Kier molecular flexibility index (Phi) is 1.56. The van der Waals surface area contributed by atoms with Crippen LogP contribution >= 0.6 is 0 Å². The number of aliphatic imine (C=N–C) groups is 1. The first-order chi connectivity index (χ1) is 5.75. The van der Waals surface area contributed by atoms with Crippen LogP contribution < -0.4 is 5.32 Å². The predicted octanol–water partition coefficient (Wildman–Crippen LogP) is -1.60. The quantitative estimate of drug-likeness (QED) is 0.472. The molecule has 0 aromatic rings. The molecule has 0 atom stereocenters. The molecule has 0 unspecified atom stereocenters. The van der Waals surface area contributed by atoms with Gasteiger partial charge in [-0.2, -0.15) is 0 Å². The summed E-state index contributed by atoms with van der Waals surface area (Å²) in [5, 5.41) is 2.87. The minimum absolute atomic E-state index is 0.0650. The zero-order valence-corrected chi connectivity index (χ0v) is 6.54. The molecule has 2 aliphatic heterocycles. The van der Waals surface area contributed by atoms with E-state index in [1.807, 2.05) is 0 Å². The molecule has 5 nitrogen and oxygen atoms in total. The van der Waals surface area contributed by atoms with E-state index in [0.29, 0.717) is 25.6 Å². The number of guanidine groups is 1. The van der Waals surface area contributed by atoms with Gasteiger partial charge in [-0.05, 0) is 0 Å². The summed E-state index contributed by atoms with van der Waals surface area (Å²) >= 11 is 0. The van der Waals surface area contributed by atoms with Gasteiger partial charge in [-0.15, -0.1) is 0 Å². The maximum Gasteiger partial charge on any atom is 0.195 e. The molecule has 0 saturated carbocycles. The van der Waals surface area contributed by atoms with Crippen LogP contribution in [0.4, 0.5) is 0 Å². The summed E-state index contributed by atoms with van der Waals surface area (Å²) in [4.78, 5) is 27.6. The molecule has 0 aliphatic carbocycles. The first-order valence-corrected chi connectivity index (χ1v) is 3.82. The van der Waals surface area contributed by atoms with Crippen molar-refractivity contribution >= 4 is 17.5 Å². The molecule has 2 aliphatic rings. The fourth-order valence-electron chi connectivity index (χ4n) is 1.35. The van der Waals surface area contributed by atoms with E-state index in [1.54, 1.807) is 4.90 Å². The molecule has 0 amide bonds. The van der Waals surface area contributed by atoms with Gasteiger partial charge in [-0.25, -0.2) is 4.99 Å². The molecule has 12 heavy (non-hydrogen) atoms. The van der Waals surface area contributed by atoms with Crippen molar-refractivity contribution < 1.29 is 9.59 Å². The fourth-order valence-corrected chi connectivity index (χ4v) is 1.35. The van der Waals surface area contributed by atoms with E-state index >= 15 is 0 Å². The second-order valence-corrected chi connectivity index (χ2v) is 2.93. The summed E-state index contributed by atoms with van der Waals surface area (Å²) in [7, 11) is 0. The number of hydrogen-bond acceptors (Lipinski definition) is 5. The number of nitrogens with zero attached hydrogens (tertiary/aromatic N) is 2. The lowest BCUT2D eigenvalue weighted by Crippen LogP contribution is -2.56. The number of ketones is 2. The van der Waals surface area contributed by atoms with Gasteiger partial charge in [0.2, 0.25) is 0 Å². The van der Waals surface area contributed by atoms with E-state index in [1.165, 1.54) is 0 Å². The van der Waals surface area contributed by atoms with Gasteiger partial charge in [0.1, 0.15) is 6.54 Å². The normalized spacial score (nSPS) is 23.0. The Morgan fingerprint density at radius 1 is 1.25 bits per heavy atom. The Labute approximate surface area is 69.4 Å². The lowest BCUT2D eigenvalue weighted by atomic mass is 10.2. The van der Waals surface area contributed by atoms with E-state index in [4.69, 9.17) is 0 Å². The van der Waals surface area contributed by atoms with Crippen LogP contribution in [0.5, 0.6) is 0 Å². The highest BCUT2D eigenvalue weighted by molar-refractivity contribution is 6.00. The van der Waals surface area contributed by atoms with Crippen LogP contribution in [0.15, 0.2) is 4.99 Å². The maximum atomic E-state index is 11.0. The average Bonchev–Trinajstić information content (AvgIpc) is 2.03. The summed E-state index contributed by atoms with van der Waals surface area (Å²) < 4.78 is 0. The van der Waals surface area contributed by atoms with E-state index in [0.717, 1.165) is 0 Å². The third-order valence-electron chi connectivity index (χ3n) is 1.88. The second-order valence-electron chi connectivity index (χ2n) is 2.93. The van der Waals surface area contributed by atoms with Crippen LogP contribution in [-0.2, 0) is 9.59 Å². The Morgan fingerprint density at radius 3 is 2.83 bits per heavy atom. The number of Topliss-reactive ketones (excluding diaryl/α,β-unsaturated/α-hetero) is 2. The van der Waals surface area contributed by atoms with Crippen LogP contribution in [0.2, 0.25) is 0 Å². The van der Waals surface area contributed by atoms with Crippen LogP contribution in [0.1, 0.15) is 0 Å². The molecule has 2 rings (SSSR count). The van der Waals surface area contributed by atoms with Gasteiger partial charge in [0.25, 0.3) is 0 Å². The summed E-state index contributed by atoms with van der Waals surface area (Å²) in [5.41, 5.74) is 0. The van der Waals surface area contributed by atoms with Crippen LogP contribution in [0, 0.1) is 0 Å². The van der Waals surface area contributed by atoms with E-state index in [2.05, 4.69) is 10.3 Å². The van der Waals surface area contributed by atoms with Gasteiger partial charge in [-0.1, -0.05) is 0 Å². The largest absolute Gasteiger partial charge is 0.349 e. The Bertz CT molecular complexity index is 272. The van der Waals surface area contributed by atoms with E-state index < -0.39 is 0 Å². The van der Waals surface area contributed by atoms with Crippen LogP contribution in [0.3, 0.4) is 0 Å². The molecule has 1 saturated heterocycles. The molecule has 1 N–H and O–H groups in total. The minimum Gasteiger partial charge on any atom is -0.349 e. The first kappa shape index (κ1) is 7.27. The van der Waals surface area contributed by atoms with Crippen molar-refractivity contribution in [2.45, 2.75) is 0 Å². The molecule has 5 heteroatoms. The lowest BCUT2D eigenvalue weighted by Gasteiger charge is -2.31. The summed E-state index contributed by atoms with van der Waals surface area (Å²) in [6, 6.07) is 0. The third-order valence-corrected chi connectivity index (χ3v) is 1.88. The van der Waals surface area contributed by atoms with Crippen molar-refractivity contribution in [1.82, 2.24) is 10.2 Å². The molecule has 1 fully saturated rings. The van der Waals surface area contributed by atoms with Crippen molar-refractivity contribution in [3.63, 3.8) is 0 Å². The SMILES string of the molecule is O=C1CN=C2NCC(=O)CN2C1. The topological polar surface area (TPSA) is 61.8 Å². The number of carbonyl (C=O) groups is 2. The highest BCUT2D eigenvalue weighted by atomic mass is 16.1. The molecule has 0 aromatic carbocycles. The fraction of sp³-hybridized carbons (Fsp3) is 0.571. The number of fused-ring (bicyclic) bond motifs is 1. The second kappa shape index (κ2) is 2.58. The Balaban J connectivity index is 2.17. The van der Waals surface area contributed by atoms with Gasteiger partial charge in [0, 0.05) is 0 Å². The van der Waals surface area contributed by atoms with Crippen molar-refractivity contribution in [1.29, 1.82) is 0 Å². The summed E-state index contributed by atoms with van der Waals surface area (Å²) in [5.74, 6) is 0.855. The molecule has 0 bridgehead atoms. The summed E-state index contributed by atoms with van der Waals surface area (Å²) in [6.45, 7) is 1.21. The first-order valence-electron chi connectivity index (χ1n) is 3.82. The van der Waals surface area contributed by atoms with Gasteiger partial charge < -0.3 is 10.2 Å². The number of nitrogens with one attached hydrogen (secondary N) is 1. The van der Waals surface area contributed by atoms with Crippen molar-refractivity contribution in [3.05, 3.63) is 0 Å². The Morgan fingerprint density at radius 2 is 2.00 bits per heavy atom. The van der Waals surface area contributed by atoms with Crippen molar-refractivity contribution in [3.8, 4) is 0 Å². The highest BCUT2D eigenvalue weighted by Gasteiger charge is 2.26. The average molecular weight is 167 g/mol. The number of rotatable bonds is 0. The van der Waals surface area contributed by atoms with Crippen LogP contribution in [0.25, 0.3) is 0 Å². The van der Waals surface area contributed by atoms with Crippen molar-refractivity contribution in [2.24, 2.45) is 4.99 Å². The van der Waals surface area contributed by atoms with Gasteiger partial charge in [-0.3, -0.25) is 9.59 Å². The molecular weight excluding hydrogens is 158 g/mol. The standard InChI is InChI=1S/C7H9N3O2/c11-5-1-8-7-9-2-6(12)4-10(7)3-5/h1-4H2,(H,8,9). The molecule has 0 aromatic heterocycles. The monoisotopic (exact) mass is 167 g/mol. The van der Waals surface area contributed by atoms with E-state index in [9.17, 15) is 9.59 Å². The zero-order valence-electron chi connectivity index (χ0n) is 6.54. The molecular formula is C7H9N3O2. The van der Waals surface area contributed by atoms with Gasteiger partial charge >= 0.3 is 0 Å². The van der Waals surface area contributed by atoms with E-state index in [-0.39, 0.29) is 18.1 Å². The minimum atomic E-state index is 0.0650. The van der Waals surface area contributed by atoms with Gasteiger partial charge in [0.15, 0.2) is 17.5 Å². The maximum absolute atomic E-state index is 11.0. The molecule has 0 radical (unpaired) electrons. The smallest absolute Gasteiger partial charge is 0.195 e. The van der Waals surface area contributed by atoms with Gasteiger partial charge in [0.05, 0.1) is 19.6 Å². The predicted molar refractivity (Wildman–Crippen MR) is 41.9 cm³/mol. The number of carbonyl (C=O) groups excluding carboxylic acids is 2. The van der Waals surface area contributed by atoms with Crippen LogP contribution in [-0.4, -0.2) is 48.6 Å². The summed E-state index contributed by atoms with van der Waals surface area (Å²) in [6.07, 6.45) is 0. The van der Waals surface area contributed by atoms with Crippen molar-refractivity contribution in [2.75, 3.05) is 26.2 Å². The lowest BCUT2D eigenvalue weighted by molar-refractivity contribution is -0.121. The highest BCUT2D eigenvalue weighted by Crippen LogP contribution is 2.01. The molecule has 64 valence electrons. The Hall–Kier alpha value is -1.39. The zero-order chi connectivity index (χ0) is 8.55. The number of hydrogen-bond donors (Lipinski definition) is 1. The third kappa shape index (κ3) is 1.17.